The van der Waals surface area contributed by atoms with E-state index < -0.39 is 15.9 Å². The maximum absolute atomic E-state index is 11.1. The van der Waals surface area contributed by atoms with Crippen molar-refractivity contribution in [1.82, 2.24) is 0 Å². The van der Waals surface area contributed by atoms with Gasteiger partial charge in [-0.15, -0.1) is 0 Å². The van der Waals surface area contributed by atoms with E-state index in [0.717, 1.165) is 15.7 Å². The number of hydrogen-bond acceptors (Lipinski definition) is 4. The Bertz CT molecular complexity index is 514. The first-order chi connectivity index (χ1) is 8.20. The SMILES string of the molecule is C[C@H](O)c1ccc(N(C)CCS(C)(=O)=O)c(Br)c1. The van der Waals surface area contributed by atoms with E-state index in [2.05, 4.69) is 15.9 Å². The van der Waals surface area contributed by atoms with E-state index in [0.29, 0.717) is 6.54 Å². The van der Waals surface area contributed by atoms with Crippen LogP contribution in [0.5, 0.6) is 0 Å². The van der Waals surface area contributed by atoms with Crippen LogP contribution >= 0.6 is 15.9 Å². The standard InChI is InChI=1S/C12H18BrNO3S/c1-9(15)10-4-5-12(11(13)8-10)14(2)6-7-18(3,16)17/h4-5,8-9,15H,6-7H2,1-3H3/t9-/m0/s1. The summed E-state index contributed by atoms with van der Waals surface area (Å²) in [5.74, 6) is 0.119. The number of aliphatic hydroxyl groups is 1. The molecule has 0 amide bonds. The smallest absolute Gasteiger partial charge is 0.149 e. The Morgan fingerprint density at radius 1 is 1.44 bits per heavy atom. The molecule has 0 aliphatic carbocycles. The molecule has 0 radical (unpaired) electrons. The van der Waals surface area contributed by atoms with Crippen molar-refractivity contribution in [3.05, 3.63) is 28.2 Å². The molecule has 0 saturated heterocycles. The minimum Gasteiger partial charge on any atom is -0.389 e. The Labute approximate surface area is 117 Å². The molecule has 1 atom stereocenters. The van der Waals surface area contributed by atoms with E-state index in [1.54, 1.807) is 6.92 Å². The van der Waals surface area contributed by atoms with Gasteiger partial charge in [0.2, 0.25) is 0 Å². The van der Waals surface area contributed by atoms with Crippen LogP contribution in [0.3, 0.4) is 0 Å². The molecule has 102 valence electrons. The third-order valence-corrected chi connectivity index (χ3v) is 4.22. The summed E-state index contributed by atoms with van der Waals surface area (Å²) in [7, 11) is -1.12. The summed E-state index contributed by atoms with van der Waals surface area (Å²) in [6, 6.07) is 5.55. The lowest BCUT2D eigenvalue weighted by Gasteiger charge is -2.21. The third kappa shape index (κ3) is 4.59. The Hall–Kier alpha value is -0.590. The number of benzene rings is 1. The second-order valence-corrected chi connectivity index (χ2v) is 7.55. The lowest BCUT2D eigenvalue weighted by molar-refractivity contribution is 0.199. The maximum Gasteiger partial charge on any atom is 0.149 e. The lowest BCUT2D eigenvalue weighted by Crippen LogP contribution is -2.25. The number of hydrogen-bond donors (Lipinski definition) is 1. The molecular weight excluding hydrogens is 318 g/mol. The van der Waals surface area contributed by atoms with E-state index in [9.17, 15) is 13.5 Å². The predicted molar refractivity (Wildman–Crippen MR) is 77.8 cm³/mol. The van der Waals surface area contributed by atoms with Gasteiger partial charge in [0.05, 0.1) is 17.5 Å². The average molecular weight is 336 g/mol. The molecule has 0 bridgehead atoms. The summed E-state index contributed by atoms with van der Waals surface area (Å²) in [5, 5.41) is 9.47. The van der Waals surface area contributed by atoms with Crippen LogP contribution in [0.25, 0.3) is 0 Å². The van der Waals surface area contributed by atoms with Crippen LogP contribution in [0.15, 0.2) is 22.7 Å². The normalized spacial score (nSPS) is 13.4. The highest BCUT2D eigenvalue weighted by molar-refractivity contribution is 9.10. The fraction of sp³-hybridized carbons (Fsp3) is 0.500. The van der Waals surface area contributed by atoms with Crippen LogP contribution in [0.1, 0.15) is 18.6 Å². The Morgan fingerprint density at radius 3 is 2.50 bits per heavy atom. The van der Waals surface area contributed by atoms with E-state index in [-0.39, 0.29) is 5.75 Å². The second-order valence-electron chi connectivity index (χ2n) is 4.44. The highest BCUT2D eigenvalue weighted by Gasteiger charge is 2.11. The van der Waals surface area contributed by atoms with Gasteiger partial charge in [-0.3, -0.25) is 0 Å². The topological polar surface area (TPSA) is 57.6 Å². The molecule has 18 heavy (non-hydrogen) atoms. The van der Waals surface area contributed by atoms with Crippen molar-refractivity contribution >= 4 is 31.5 Å². The molecule has 0 heterocycles. The number of anilines is 1. The van der Waals surface area contributed by atoms with Gasteiger partial charge in [-0.25, -0.2) is 8.42 Å². The van der Waals surface area contributed by atoms with Crippen LogP contribution in [-0.2, 0) is 9.84 Å². The molecule has 1 aromatic carbocycles. The Balaban J connectivity index is 2.84. The molecular formula is C12H18BrNO3S. The van der Waals surface area contributed by atoms with Crippen molar-refractivity contribution in [2.45, 2.75) is 13.0 Å². The van der Waals surface area contributed by atoms with Gasteiger partial charge in [0, 0.05) is 24.3 Å². The van der Waals surface area contributed by atoms with Gasteiger partial charge in [-0.1, -0.05) is 6.07 Å². The zero-order valence-electron chi connectivity index (χ0n) is 10.7. The summed E-state index contributed by atoms with van der Waals surface area (Å²) in [6.07, 6.45) is 0.712. The fourth-order valence-electron chi connectivity index (χ4n) is 1.52. The first-order valence-electron chi connectivity index (χ1n) is 5.57. The minimum absolute atomic E-state index is 0.119. The van der Waals surface area contributed by atoms with Gasteiger partial charge in [0.25, 0.3) is 0 Å². The van der Waals surface area contributed by atoms with Crippen molar-refractivity contribution in [2.75, 3.05) is 30.5 Å². The molecule has 1 rings (SSSR count). The summed E-state index contributed by atoms with van der Waals surface area (Å²) < 4.78 is 23.1. The van der Waals surface area contributed by atoms with Crippen LogP contribution in [0.4, 0.5) is 5.69 Å². The zero-order valence-corrected chi connectivity index (χ0v) is 13.1. The highest BCUT2D eigenvalue weighted by atomic mass is 79.9. The first kappa shape index (κ1) is 15.5. The Kier molecular flexibility index (Phi) is 5.19. The predicted octanol–water partition coefficient (Wildman–Crippen LogP) is 1.98. The van der Waals surface area contributed by atoms with Crippen molar-refractivity contribution in [2.24, 2.45) is 0 Å². The van der Waals surface area contributed by atoms with Crippen molar-refractivity contribution in [3.8, 4) is 0 Å². The monoisotopic (exact) mass is 335 g/mol. The maximum atomic E-state index is 11.1. The first-order valence-corrected chi connectivity index (χ1v) is 8.42. The molecule has 0 spiro atoms. The summed E-state index contributed by atoms with van der Waals surface area (Å²) in [4.78, 5) is 1.87. The van der Waals surface area contributed by atoms with Gasteiger partial charge in [-0.05, 0) is 40.5 Å². The van der Waals surface area contributed by atoms with Crippen LogP contribution < -0.4 is 4.90 Å². The van der Waals surface area contributed by atoms with Gasteiger partial charge in [-0.2, -0.15) is 0 Å². The highest BCUT2D eigenvalue weighted by Crippen LogP contribution is 2.28. The third-order valence-electron chi connectivity index (χ3n) is 2.66. The van der Waals surface area contributed by atoms with Crippen molar-refractivity contribution in [1.29, 1.82) is 0 Å². The summed E-state index contributed by atoms with van der Waals surface area (Å²) in [5.41, 5.74) is 1.73. The number of aliphatic hydroxyl groups excluding tert-OH is 1. The molecule has 0 aliphatic heterocycles. The second kappa shape index (κ2) is 6.04. The minimum atomic E-state index is -2.96. The van der Waals surface area contributed by atoms with Gasteiger partial charge in [0.1, 0.15) is 9.84 Å². The number of halogens is 1. The van der Waals surface area contributed by atoms with Crippen molar-refractivity contribution < 1.29 is 13.5 Å². The van der Waals surface area contributed by atoms with Gasteiger partial charge < -0.3 is 10.0 Å². The van der Waals surface area contributed by atoms with Crippen LogP contribution in [0, 0.1) is 0 Å². The number of nitrogens with zero attached hydrogens (tertiary/aromatic N) is 1. The van der Waals surface area contributed by atoms with E-state index >= 15 is 0 Å². The van der Waals surface area contributed by atoms with E-state index in [1.165, 1.54) is 6.26 Å². The molecule has 0 aliphatic rings. The molecule has 6 heteroatoms. The molecule has 1 aromatic rings. The zero-order chi connectivity index (χ0) is 13.9. The molecule has 0 unspecified atom stereocenters. The average Bonchev–Trinajstić information content (AvgIpc) is 2.24. The van der Waals surface area contributed by atoms with Crippen LogP contribution in [-0.4, -0.2) is 39.1 Å². The Morgan fingerprint density at radius 2 is 2.06 bits per heavy atom. The molecule has 0 fully saturated rings. The van der Waals surface area contributed by atoms with Gasteiger partial charge >= 0.3 is 0 Å². The lowest BCUT2D eigenvalue weighted by atomic mass is 10.1. The molecule has 0 aromatic heterocycles. The molecule has 1 N–H and O–H groups in total. The van der Waals surface area contributed by atoms with Crippen molar-refractivity contribution in [3.63, 3.8) is 0 Å². The summed E-state index contributed by atoms with van der Waals surface area (Å²) >= 11 is 3.43. The number of sulfone groups is 1. The van der Waals surface area contributed by atoms with E-state index in [4.69, 9.17) is 0 Å². The van der Waals surface area contributed by atoms with Crippen LogP contribution in [0.2, 0.25) is 0 Å². The largest absolute Gasteiger partial charge is 0.389 e. The molecule has 4 nitrogen and oxygen atoms in total. The fourth-order valence-corrected chi connectivity index (χ4v) is 2.82. The quantitative estimate of drug-likeness (QED) is 0.893. The molecule has 0 saturated carbocycles. The van der Waals surface area contributed by atoms with E-state index in [1.807, 2.05) is 30.1 Å². The summed E-state index contributed by atoms with van der Waals surface area (Å²) in [6.45, 7) is 2.14. The number of rotatable bonds is 5. The van der Waals surface area contributed by atoms with Gasteiger partial charge in [0.15, 0.2) is 0 Å².